The number of Topliss-reactive ketones (excluding diaryl/α,β-unsaturated/α-hetero) is 1. The Morgan fingerprint density at radius 3 is 1.07 bits per heavy atom. The summed E-state index contributed by atoms with van der Waals surface area (Å²) in [6, 6.07) is 0. The fourth-order valence-corrected chi connectivity index (χ4v) is 0.161. The first-order chi connectivity index (χ1) is 5.89. The summed E-state index contributed by atoms with van der Waals surface area (Å²) in [5, 5.41) is 0. The summed E-state index contributed by atoms with van der Waals surface area (Å²) in [5.74, 6) is -3.68. The van der Waals surface area contributed by atoms with E-state index in [1.54, 1.807) is 0 Å². The van der Waals surface area contributed by atoms with Gasteiger partial charge >= 0.3 is 18.1 Å². The summed E-state index contributed by atoms with van der Waals surface area (Å²) in [7, 11) is 0. The number of halogens is 6. The van der Waals surface area contributed by atoms with Crippen LogP contribution in [0.25, 0.3) is 0 Å². The number of alkyl halides is 6. The molecule has 0 unspecified atom stereocenters. The van der Waals surface area contributed by atoms with Gasteiger partial charge in [0.15, 0.2) is 0 Å². The van der Waals surface area contributed by atoms with Crippen molar-refractivity contribution in [3.8, 4) is 0 Å². The van der Waals surface area contributed by atoms with Crippen LogP contribution in [0, 0.1) is 0 Å². The fraction of sp³-hybridized carbons (Fsp3) is 0.571. The molecule has 0 saturated heterocycles. The van der Waals surface area contributed by atoms with Crippen LogP contribution in [0.2, 0.25) is 0 Å². The van der Waals surface area contributed by atoms with Crippen molar-refractivity contribution in [2.24, 2.45) is 0 Å². The first-order valence-electron chi connectivity index (χ1n) is 3.19. The lowest BCUT2D eigenvalue weighted by molar-refractivity contribution is -0.217. The van der Waals surface area contributed by atoms with E-state index in [1.165, 1.54) is 5.57 Å². The normalized spacial score (nSPS) is 11.4. The minimum atomic E-state index is -5.82. The third kappa shape index (κ3) is 9.08. The molecular formula is C7H8F6O. The lowest BCUT2D eigenvalue weighted by atomic mass is 10.4. The van der Waals surface area contributed by atoms with E-state index < -0.39 is 18.1 Å². The summed E-state index contributed by atoms with van der Waals surface area (Å²) in [6.07, 6.45) is -11.6. The highest BCUT2D eigenvalue weighted by Crippen LogP contribution is 2.28. The maximum absolute atomic E-state index is 10.9. The van der Waals surface area contributed by atoms with Crippen LogP contribution in [0.1, 0.15) is 13.8 Å². The molecular weight excluding hydrogens is 214 g/mol. The molecule has 0 bridgehead atoms. The summed E-state index contributed by atoms with van der Waals surface area (Å²) in [4.78, 5) is 9.24. The van der Waals surface area contributed by atoms with Gasteiger partial charge in [-0.3, -0.25) is 4.79 Å². The predicted molar refractivity (Wildman–Crippen MR) is 37.6 cm³/mol. The summed E-state index contributed by atoms with van der Waals surface area (Å²) < 4.78 is 65.3. The van der Waals surface area contributed by atoms with Crippen LogP contribution in [0.3, 0.4) is 0 Å². The zero-order valence-corrected chi connectivity index (χ0v) is 7.38. The number of carbonyl (C=O) groups excluding carboxylic acids is 1. The number of ketones is 1. The van der Waals surface area contributed by atoms with Gasteiger partial charge in [-0.1, -0.05) is 5.57 Å². The maximum atomic E-state index is 10.9. The standard InChI is InChI=1S/C4H8.C3F6O/c1-4(2)3;4-2(5,6)1(10)3(7,8)9/h1H2,2-3H3;. The van der Waals surface area contributed by atoms with E-state index in [0.29, 0.717) is 0 Å². The zero-order valence-electron chi connectivity index (χ0n) is 7.38. The Balaban J connectivity index is 0. The number of hydrogen-bond donors (Lipinski definition) is 0. The maximum Gasteiger partial charge on any atom is 0.459 e. The van der Waals surface area contributed by atoms with E-state index >= 15 is 0 Å². The highest BCUT2D eigenvalue weighted by Gasteiger charge is 2.55. The molecule has 0 atom stereocenters. The number of rotatable bonds is 0. The summed E-state index contributed by atoms with van der Waals surface area (Å²) in [6.45, 7) is 7.50. The molecule has 84 valence electrons. The molecule has 0 spiro atoms. The molecule has 14 heavy (non-hydrogen) atoms. The van der Waals surface area contributed by atoms with Crippen molar-refractivity contribution in [3.63, 3.8) is 0 Å². The third-order valence-electron chi connectivity index (χ3n) is 0.515. The van der Waals surface area contributed by atoms with Crippen LogP contribution >= 0.6 is 0 Å². The molecule has 0 aromatic rings. The van der Waals surface area contributed by atoms with Crippen molar-refractivity contribution in [1.29, 1.82) is 0 Å². The lowest BCUT2D eigenvalue weighted by Gasteiger charge is -2.06. The van der Waals surface area contributed by atoms with Crippen molar-refractivity contribution >= 4 is 5.78 Å². The largest absolute Gasteiger partial charge is 0.459 e. The lowest BCUT2D eigenvalue weighted by Crippen LogP contribution is -2.36. The molecule has 0 aromatic carbocycles. The molecule has 7 heteroatoms. The molecule has 0 aromatic heterocycles. The molecule has 0 amide bonds. The second kappa shape index (κ2) is 5.02. The van der Waals surface area contributed by atoms with Gasteiger partial charge in [0.05, 0.1) is 0 Å². The third-order valence-corrected chi connectivity index (χ3v) is 0.515. The van der Waals surface area contributed by atoms with Crippen molar-refractivity contribution in [2.75, 3.05) is 0 Å². The van der Waals surface area contributed by atoms with Gasteiger partial charge in [0, 0.05) is 0 Å². The van der Waals surface area contributed by atoms with Gasteiger partial charge in [0.2, 0.25) is 0 Å². The highest BCUT2D eigenvalue weighted by atomic mass is 19.4. The van der Waals surface area contributed by atoms with Crippen molar-refractivity contribution in [3.05, 3.63) is 12.2 Å². The van der Waals surface area contributed by atoms with Gasteiger partial charge in [-0.2, -0.15) is 26.3 Å². The van der Waals surface area contributed by atoms with E-state index in [2.05, 4.69) is 6.58 Å². The van der Waals surface area contributed by atoms with Crippen LogP contribution < -0.4 is 0 Å². The van der Waals surface area contributed by atoms with Gasteiger partial charge in [-0.25, -0.2) is 0 Å². The minimum absolute atomic E-state index is 1.17. The van der Waals surface area contributed by atoms with Gasteiger partial charge < -0.3 is 0 Å². The molecule has 0 saturated carbocycles. The summed E-state index contributed by atoms with van der Waals surface area (Å²) in [5.41, 5.74) is 1.17. The molecule has 0 radical (unpaired) electrons. The first-order valence-corrected chi connectivity index (χ1v) is 3.19. The average molecular weight is 222 g/mol. The van der Waals surface area contributed by atoms with Gasteiger partial charge in [-0.15, -0.1) is 6.58 Å². The molecule has 0 aliphatic heterocycles. The van der Waals surface area contributed by atoms with E-state index in [0.717, 1.165) is 0 Å². The Kier molecular flexibility index (Phi) is 5.54. The Morgan fingerprint density at radius 1 is 0.929 bits per heavy atom. The highest BCUT2D eigenvalue weighted by molar-refractivity contribution is 5.89. The number of allylic oxidation sites excluding steroid dienone is 1. The minimum Gasteiger partial charge on any atom is -0.279 e. The first kappa shape index (κ1) is 15.5. The smallest absolute Gasteiger partial charge is 0.279 e. The monoisotopic (exact) mass is 222 g/mol. The van der Waals surface area contributed by atoms with E-state index in [1.807, 2.05) is 13.8 Å². The Morgan fingerprint density at radius 2 is 1.07 bits per heavy atom. The summed E-state index contributed by atoms with van der Waals surface area (Å²) >= 11 is 0. The Bertz CT molecular complexity index is 191. The Hall–Kier alpha value is -1.01. The topological polar surface area (TPSA) is 17.1 Å². The SMILES string of the molecule is C=C(C)C.O=C(C(F)(F)F)C(F)(F)F. The predicted octanol–water partition coefficient (Wildman–Crippen LogP) is 3.26. The molecule has 0 aliphatic rings. The van der Waals surface area contributed by atoms with E-state index in [4.69, 9.17) is 0 Å². The van der Waals surface area contributed by atoms with Gasteiger partial charge in [0.25, 0.3) is 0 Å². The van der Waals surface area contributed by atoms with Crippen LogP contribution in [0.4, 0.5) is 26.3 Å². The quantitative estimate of drug-likeness (QED) is 0.454. The molecule has 0 heterocycles. The van der Waals surface area contributed by atoms with Crippen molar-refractivity contribution in [2.45, 2.75) is 26.2 Å². The molecule has 1 nitrogen and oxygen atoms in total. The van der Waals surface area contributed by atoms with E-state index in [-0.39, 0.29) is 0 Å². The van der Waals surface area contributed by atoms with Crippen LogP contribution in [0.5, 0.6) is 0 Å². The second-order valence-electron chi connectivity index (χ2n) is 2.53. The van der Waals surface area contributed by atoms with E-state index in [9.17, 15) is 31.1 Å². The number of hydrogen-bond acceptors (Lipinski definition) is 1. The second-order valence-corrected chi connectivity index (χ2v) is 2.53. The Labute approximate surface area is 76.4 Å². The molecule has 0 aliphatic carbocycles. The van der Waals surface area contributed by atoms with Gasteiger partial charge in [0.1, 0.15) is 0 Å². The van der Waals surface area contributed by atoms with Crippen molar-refractivity contribution in [1.82, 2.24) is 0 Å². The average Bonchev–Trinajstić information content (AvgIpc) is 1.80. The zero-order chi connectivity index (χ0) is 12.2. The van der Waals surface area contributed by atoms with Crippen LogP contribution in [-0.2, 0) is 4.79 Å². The molecule has 0 fully saturated rings. The van der Waals surface area contributed by atoms with Crippen molar-refractivity contribution < 1.29 is 31.1 Å². The fourth-order valence-electron chi connectivity index (χ4n) is 0.161. The van der Waals surface area contributed by atoms with Gasteiger partial charge in [-0.05, 0) is 13.8 Å². The van der Waals surface area contributed by atoms with Crippen LogP contribution in [0.15, 0.2) is 12.2 Å². The van der Waals surface area contributed by atoms with Crippen LogP contribution in [-0.4, -0.2) is 18.1 Å². The number of carbonyl (C=O) groups is 1. The molecule has 0 rings (SSSR count). The molecule has 0 N–H and O–H groups in total.